The Balaban J connectivity index is 1.26. The van der Waals surface area contributed by atoms with E-state index in [1.54, 1.807) is 0 Å². The van der Waals surface area contributed by atoms with Gasteiger partial charge < -0.3 is 4.84 Å². The Kier molecular flexibility index (Phi) is 5.14. The van der Waals surface area contributed by atoms with Crippen molar-refractivity contribution in [3.8, 4) is 0 Å². The molecule has 0 radical (unpaired) electrons. The second-order valence-corrected chi connectivity index (χ2v) is 7.46. The van der Waals surface area contributed by atoms with Crippen LogP contribution in [0.2, 0.25) is 0 Å². The third-order valence-electron chi connectivity index (χ3n) is 5.77. The molecule has 1 atom stereocenters. The highest BCUT2D eigenvalue weighted by Crippen LogP contribution is 2.25. The molecule has 2 heterocycles. The molecule has 0 bridgehead atoms. The van der Waals surface area contributed by atoms with Crippen LogP contribution in [0.3, 0.4) is 0 Å². The molecule has 0 aromatic heterocycles. The van der Waals surface area contributed by atoms with Crippen molar-refractivity contribution >= 4 is 5.71 Å². The Labute approximate surface area is 145 Å². The van der Waals surface area contributed by atoms with Gasteiger partial charge in [0.25, 0.3) is 0 Å². The number of hydrogen-bond acceptors (Lipinski definition) is 4. The van der Waals surface area contributed by atoms with E-state index in [0.717, 1.165) is 24.7 Å². The van der Waals surface area contributed by atoms with Gasteiger partial charge in [-0.25, -0.2) is 0 Å². The maximum atomic E-state index is 5.72. The first-order valence-corrected chi connectivity index (χ1v) is 9.63. The molecule has 130 valence electrons. The Hall–Kier alpha value is -1.39. The largest absolute Gasteiger partial charge is 0.390 e. The van der Waals surface area contributed by atoms with E-state index >= 15 is 0 Å². The molecule has 0 amide bonds. The molecule has 1 saturated carbocycles. The van der Waals surface area contributed by atoms with E-state index in [4.69, 9.17) is 4.84 Å². The van der Waals surface area contributed by atoms with Crippen molar-refractivity contribution in [3.05, 3.63) is 35.9 Å². The van der Waals surface area contributed by atoms with Crippen LogP contribution >= 0.6 is 0 Å². The Morgan fingerprint density at radius 3 is 2.62 bits per heavy atom. The molecular weight excluding hydrogens is 298 g/mol. The minimum Gasteiger partial charge on any atom is -0.390 e. The van der Waals surface area contributed by atoms with Gasteiger partial charge in [0.05, 0.1) is 5.71 Å². The van der Waals surface area contributed by atoms with Crippen LogP contribution in [-0.4, -0.2) is 60.4 Å². The molecule has 1 aromatic carbocycles. The molecule has 0 spiro atoms. The van der Waals surface area contributed by atoms with Crippen LogP contribution in [0.1, 0.15) is 44.1 Å². The topological polar surface area (TPSA) is 28.1 Å². The van der Waals surface area contributed by atoms with Gasteiger partial charge in [-0.3, -0.25) is 9.80 Å². The van der Waals surface area contributed by atoms with E-state index in [1.807, 2.05) is 6.07 Å². The highest BCUT2D eigenvalue weighted by molar-refractivity contribution is 6.01. The lowest BCUT2D eigenvalue weighted by Crippen LogP contribution is -2.38. The van der Waals surface area contributed by atoms with Gasteiger partial charge in [-0.05, 0) is 37.9 Å². The molecule has 2 aliphatic heterocycles. The summed E-state index contributed by atoms with van der Waals surface area (Å²) < 4.78 is 0. The average molecular weight is 327 g/mol. The summed E-state index contributed by atoms with van der Waals surface area (Å²) in [5, 5.41) is 4.33. The molecule has 1 aliphatic carbocycles. The third-order valence-corrected chi connectivity index (χ3v) is 5.77. The Morgan fingerprint density at radius 1 is 0.958 bits per heavy atom. The van der Waals surface area contributed by atoms with Gasteiger partial charge in [-0.2, -0.15) is 0 Å². The van der Waals surface area contributed by atoms with Gasteiger partial charge >= 0.3 is 0 Å². The summed E-state index contributed by atoms with van der Waals surface area (Å²) in [7, 11) is 0. The van der Waals surface area contributed by atoms with E-state index in [9.17, 15) is 0 Å². The molecule has 0 N–H and O–H groups in total. The zero-order chi connectivity index (χ0) is 16.2. The molecule has 24 heavy (non-hydrogen) atoms. The lowest BCUT2D eigenvalue weighted by atomic mass is 10.0. The van der Waals surface area contributed by atoms with E-state index in [0.29, 0.717) is 0 Å². The summed E-state index contributed by atoms with van der Waals surface area (Å²) >= 11 is 0. The minimum absolute atomic E-state index is 0.221. The minimum atomic E-state index is 0.221. The summed E-state index contributed by atoms with van der Waals surface area (Å²) in [6, 6.07) is 11.3. The fraction of sp³-hybridized carbons (Fsp3) is 0.650. The summed E-state index contributed by atoms with van der Waals surface area (Å²) in [6.07, 6.45) is 8.14. The van der Waals surface area contributed by atoms with Crippen LogP contribution in [0.5, 0.6) is 0 Å². The zero-order valence-corrected chi connectivity index (χ0v) is 14.6. The summed E-state index contributed by atoms with van der Waals surface area (Å²) in [4.78, 5) is 11.1. The van der Waals surface area contributed by atoms with Crippen molar-refractivity contribution in [1.82, 2.24) is 9.80 Å². The number of nitrogens with zero attached hydrogens (tertiary/aromatic N) is 3. The molecule has 1 aromatic rings. The van der Waals surface area contributed by atoms with Crippen LogP contribution in [0.4, 0.5) is 0 Å². The van der Waals surface area contributed by atoms with Gasteiger partial charge in [0.2, 0.25) is 0 Å². The summed E-state index contributed by atoms with van der Waals surface area (Å²) in [5.74, 6) is 0. The first-order chi connectivity index (χ1) is 11.9. The SMILES string of the molecule is c1ccc(C2=NO[C@@H](CN3CCCN(C4CCCC4)CC3)C2)cc1. The van der Waals surface area contributed by atoms with E-state index in [1.165, 1.54) is 63.8 Å². The van der Waals surface area contributed by atoms with Crippen molar-refractivity contribution in [2.45, 2.75) is 50.7 Å². The Bertz CT molecular complexity index is 553. The fourth-order valence-corrected chi connectivity index (χ4v) is 4.42. The standard InChI is InChI=1S/C20H29N3O/c1-2-7-17(8-3-1)20-15-19(24-21-20)16-22-11-6-12-23(14-13-22)18-9-4-5-10-18/h1-3,7-8,18-19H,4-6,9-16H2/t19-/m1/s1. The van der Waals surface area contributed by atoms with Crippen molar-refractivity contribution < 1.29 is 4.84 Å². The average Bonchev–Trinajstić information content (AvgIpc) is 3.26. The lowest BCUT2D eigenvalue weighted by Gasteiger charge is -2.27. The predicted octanol–water partition coefficient (Wildman–Crippen LogP) is 3.13. The fourth-order valence-electron chi connectivity index (χ4n) is 4.42. The molecule has 1 saturated heterocycles. The van der Waals surface area contributed by atoms with E-state index in [-0.39, 0.29) is 6.10 Å². The van der Waals surface area contributed by atoms with Crippen molar-refractivity contribution in [1.29, 1.82) is 0 Å². The van der Waals surface area contributed by atoms with Crippen molar-refractivity contribution in [3.63, 3.8) is 0 Å². The molecule has 3 aliphatic rings. The van der Waals surface area contributed by atoms with Crippen LogP contribution in [0.15, 0.2) is 35.5 Å². The maximum Gasteiger partial charge on any atom is 0.145 e. The second kappa shape index (κ2) is 7.66. The van der Waals surface area contributed by atoms with Gasteiger partial charge in [-0.1, -0.05) is 48.3 Å². The lowest BCUT2D eigenvalue weighted by molar-refractivity contribution is 0.0531. The van der Waals surface area contributed by atoms with Gasteiger partial charge in [0.1, 0.15) is 6.10 Å². The first kappa shape index (κ1) is 16.1. The van der Waals surface area contributed by atoms with E-state index < -0.39 is 0 Å². The number of oxime groups is 1. The molecule has 4 rings (SSSR count). The smallest absolute Gasteiger partial charge is 0.145 e. The predicted molar refractivity (Wildman–Crippen MR) is 97.4 cm³/mol. The van der Waals surface area contributed by atoms with Crippen LogP contribution in [-0.2, 0) is 4.84 Å². The monoisotopic (exact) mass is 327 g/mol. The highest BCUT2D eigenvalue weighted by atomic mass is 16.6. The highest BCUT2D eigenvalue weighted by Gasteiger charge is 2.28. The third kappa shape index (κ3) is 3.81. The first-order valence-electron chi connectivity index (χ1n) is 9.63. The number of hydrogen-bond donors (Lipinski definition) is 0. The van der Waals surface area contributed by atoms with E-state index in [2.05, 4.69) is 39.2 Å². The molecule has 4 nitrogen and oxygen atoms in total. The molecular formula is C20H29N3O. The number of benzene rings is 1. The normalized spacial score (nSPS) is 27.0. The molecule has 4 heteroatoms. The van der Waals surface area contributed by atoms with Gasteiger partial charge in [-0.15, -0.1) is 0 Å². The summed E-state index contributed by atoms with van der Waals surface area (Å²) in [5.41, 5.74) is 2.30. The Morgan fingerprint density at radius 2 is 1.79 bits per heavy atom. The molecule has 2 fully saturated rings. The number of rotatable bonds is 4. The van der Waals surface area contributed by atoms with Crippen LogP contribution < -0.4 is 0 Å². The zero-order valence-electron chi connectivity index (χ0n) is 14.6. The van der Waals surface area contributed by atoms with Gasteiger partial charge in [0.15, 0.2) is 0 Å². The summed E-state index contributed by atoms with van der Waals surface area (Å²) in [6.45, 7) is 5.89. The second-order valence-electron chi connectivity index (χ2n) is 7.46. The van der Waals surface area contributed by atoms with Crippen molar-refractivity contribution in [2.75, 3.05) is 32.7 Å². The molecule has 0 unspecified atom stereocenters. The quantitative estimate of drug-likeness (QED) is 0.850. The maximum absolute atomic E-state index is 5.72. The van der Waals surface area contributed by atoms with Crippen LogP contribution in [0.25, 0.3) is 0 Å². The van der Waals surface area contributed by atoms with Crippen molar-refractivity contribution in [2.24, 2.45) is 5.16 Å². The van der Waals surface area contributed by atoms with Gasteiger partial charge in [0, 0.05) is 32.1 Å². The van der Waals surface area contributed by atoms with Crippen LogP contribution in [0, 0.1) is 0 Å².